The Morgan fingerprint density at radius 1 is 1.32 bits per heavy atom. The number of ether oxygens (including phenoxy) is 2. The molecule has 0 unspecified atom stereocenters. The summed E-state index contributed by atoms with van der Waals surface area (Å²) < 4.78 is 10.8. The molecule has 2 aliphatic rings. The Hall–Kier alpha value is -0.810. The van der Waals surface area contributed by atoms with E-state index in [4.69, 9.17) is 9.47 Å². The molecular weight excluding hydrogens is 244 g/mol. The number of hydrogen-bond donors (Lipinski definition) is 1. The van der Waals surface area contributed by atoms with E-state index < -0.39 is 5.60 Å². The summed E-state index contributed by atoms with van der Waals surface area (Å²) >= 11 is 0. The number of carbonyl (C=O) groups is 1. The van der Waals surface area contributed by atoms with Crippen LogP contribution in [0.25, 0.3) is 0 Å². The Bertz CT molecular complexity index is 308. The van der Waals surface area contributed by atoms with Crippen LogP contribution >= 0.6 is 0 Å². The molecule has 5 nitrogen and oxygen atoms in total. The maximum absolute atomic E-state index is 12.0. The fraction of sp³-hybridized carbons (Fsp3) is 0.929. The Morgan fingerprint density at radius 3 is 2.74 bits per heavy atom. The minimum atomic E-state index is -0.420. The van der Waals surface area contributed by atoms with E-state index in [9.17, 15) is 4.79 Å². The third kappa shape index (κ3) is 4.66. The second kappa shape index (κ2) is 6.09. The van der Waals surface area contributed by atoms with Crippen LogP contribution in [0.2, 0.25) is 0 Å². The van der Waals surface area contributed by atoms with E-state index in [1.165, 1.54) is 0 Å². The lowest BCUT2D eigenvalue weighted by molar-refractivity contribution is 0.0183. The van der Waals surface area contributed by atoms with E-state index >= 15 is 0 Å². The zero-order valence-corrected chi connectivity index (χ0v) is 12.3. The fourth-order valence-electron chi connectivity index (χ4n) is 2.60. The summed E-state index contributed by atoms with van der Waals surface area (Å²) in [5.41, 5.74) is -0.420. The monoisotopic (exact) mass is 270 g/mol. The molecule has 0 spiro atoms. The van der Waals surface area contributed by atoms with Crippen LogP contribution in [0.3, 0.4) is 0 Å². The zero-order valence-electron chi connectivity index (χ0n) is 12.3. The van der Waals surface area contributed by atoms with Gasteiger partial charge in [0, 0.05) is 31.8 Å². The lowest BCUT2D eigenvalue weighted by Crippen LogP contribution is -2.51. The Labute approximate surface area is 115 Å². The molecule has 2 fully saturated rings. The second-order valence-electron chi connectivity index (χ2n) is 6.49. The largest absolute Gasteiger partial charge is 0.444 e. The molecule has 0 saturated carbocycles. The molecule has 0 aromatic rings. The second-order valence-corrected chi connectivity index (χ2v) is 6.49. The molecule has 2 heterocycles. The van der Waals surface area contributed by atoms with Gasteiger partial charge in [0.1, 0.15) is 5.60 Å². The molecule has 2 aliphatic heterocycles. The molecular formula is C14H26N2O3. The SMILES string of the molecule is CC(C)(C)OC(=O)N1CCC[C@H](N[C@@H]2CCOC2)C1. The third-order valence-electron chi connectivity index (χ3n) is 3.47. The van der Waals surface area contributed by atoms with E-state index in [2.05, 4.69) is 5.32 Å². The van der Waals surface area contributed by atoms with Crippen molar-refractivity contribution in [3.05, 3.63) is 0 Å². The van der Waals surface area contributed by atoms with Crippen LogP contribution < -0.4 is 5.32 Å². The van der Waals surface area contributed by atoms with Crippen molar-refractivity contribution < 1.29 is 14.3 Å². The zero-order chi connectivity index (χ0) is 13.9. The molecule has 1 N–H and O–H groups in total. The molecule has 2 rings (SSSR count). The standard InChI is InChI=1S/C14H26N2O3/c1-14(2,3)19-13(17)16-7-4-5-11(9-16)15-12-6-8-18-10-12/h11-12,15H,4-10H2,1-3H3/t11-,12+/m0/s1. The van der Waals surface area contributed by atoms with Crippen molar-refractivity contribution in [3.63, 3.8) is 0 Å². The molecule has 0 aromatic heterocycles. The summed E-state index contributed by atoms with van der Waals surface area (Å²) in [7, 11) is 0. The van der Waals surface area contributed by atoms with Crippen LogP contribution in [0.1, 0.15) is 40.0 Å². The fourth-order valence-corrected chi connectivity index (χ4v) is 2.60. The van der Waals surface area contributed by atoms with Gasteiger partial charge >= 0.3 is 6.09 Å². The topological polar surface area (TPSA) is 50.8 Å². The number of likely N-dealkylation sites (tertiary alicyclic amines) is 1. The number of hydrogen-bond acceptors (Lipinski definition) is 4. The number of rotatable bonds is 2. The first-order valence-electron chi connectivity index (χ1n) is 7.26. The van der Waals surface area contributed by atoms with Gasteiger partial charge in [-0.3, -0.25) is 0 Å². The number of nitrogens with one attached hydrogen (secondary N) is 1. The molecule has 110 valence electrons. The molecule has 1 amide bonds. The van der Waals surface area contributed by atoms with Crippen molar-refractivity contribution in [2.24, 2.45) is 0 Å². The van der Waals surface area contributed by atoms with Gasteiger partial charge in [0.2, 0.25) is 0 Å². The van der Waals surface area contributed by atoms with Gasteiger partial charge in [-0.1, -0.05) is 0 Å². The lowest BCUT2D eigenvalue weighted by atomic mass is 10.0. The van der Waals surface area contributed by atoms with E-state index in [-0.39, 0.29) is 6.09 Å². The minimum absolute atomic E-state index is 0.193. The average molecular weight is 270 g/mol. The highest BCUT2D eigenvalue weighted by Crippen LogP contribution is 2.16. The van der Waals surface area contributed by atoms with Crippen molar-refractivity contribution in [2.75, 3.05) is 26.3 Å². The molecule has 0 bridgehead atoms. The Kier molecular flexibility index (Phi) is 4.68. The lowest BCUT2D eigenvalue weighted by Gasteiger charge is -2.35. The maximum atomic E-state index is 12.0. The van der Waals surface area contributed by atoms with Crippen molar-refractivity contribution in [1.82, 2.24) is 10.2 Å². The first-order chi connectivity index (χ1) is 8.94. The van der Waals surface area contributed by atoms with Gasteiger partial charge in [0.05, 0.1) is 6.61 Å². The summed E-state index contributed by atoms with van der Waals surface area (Å²) in [6.45, 7) is 8.89. The van der Waals surface area contributed by atoms with Gasteiger partial charge in [-0.15, -0.1) is 0 Å². The maximum Gasteiger partial charge on any atom is 0.410 e. The van der Waals surface area contributed by atoms with Crippen LogP contribution in [-0.2, 0) is 9.47 Å². The number of amides is 1. The van der Waals surface area contributed by atoms with Crippen LogP contribution in [0.5, 0.6) is 0 Å². The number of piperidine rings is 1. The Balaban J connectivity index is 1.80. The smallest absolute Gasteiger partial charge is 0.410 e. The van der Waals surface area contributed by atoms with Gasteiger partial charge in [-0.2, -0.15) is 0 Å². The highest BCUT2D eigenvalue weighted by atomic mass is 16.6. The predicted octanol–water partition coefficient (Wildman–Crippen LogP) is 1.76. The average Bonchev–Trinajstić information content (AvgIpc) is 2.80. The predicted molar refractivity (Wildman–Crippen MR) is 73.2 cm³/mol. The van der Waals surface area contributed by atoms with Crippen molar-refractivity contribution in [2.45, 2.75) is 57.7 Å². The summed E-state index contributed by atoms with van der Waals surface area (Å²) in [4.78, 5) is 13.9. The highest BCUT2D eigenvalue weighted by Gasteiger charge is 2.29. The molecule has 0 aromatic carbocycles. The number of carbonyl (C=O) groups excluding carboxylic acids is 1. The molecule has 19 heavy (non-hydrogen) atoms. The van der Waals surface area contributed by atoms with Gasteiger partial charge in [-0.25, -0.2) is 4.79 Å². The number of nitrogens with zero attached hydrogens (tertiary/aromatic N) is 1. The van der Waals surface area contributed by atoms with Crippen LogP contribution in [-0.4, -0.2) is 55.0 Å². The Morgan fingerprint density at radius 2 is 2.11 bits per heavy atom. The molecule has 0 radical (unpaired) electrons. The normalized spacial score (nSPS) is 28.5. The first kappa shape index (κ1) is 14.6. The molecule has 5 heteroatoms. The van der Waals surface area contributed by atoms with E-state index in [1.807, 2.05) is 25.7 Å². The van der Waals surface area contributed by atoms with Gasteiger partial charge < -0.3 is 19.7 Å². The van der Waals surface area contributed by atoms with Gasteiger partial charge in [-0.05, 0) is 40.0 Å². The first-order valence-corrected chi connectivity index (χ1v) is 7.26. The van der Waals surface area contributed by atoms with E-state index in [0.29, 0.717) is 12.1 Å². The minimum Gasteiger partial charge on any atom is -0.444 e. The van der Waals surface area contributed by atoms with Crippen molar-refractivity contribution in [3.8, 4) is 0 Å². The van der Waals surface area contributed by atoms with Crippen molar-refractivity contribution >= 4 is 6.09 Å². The summed E-state index contributed by atoms with van der Waals surface area (Å²) in [5, 5.41) is 3.59. The summed E-state index contributed by atoms with van der Waals surface area (Å²) in [6.07, 6.45) is 3.03. The quantitative estimate of drug-likeness (QED) is 0.831. The molecule has 2 saturated heterocycles. The van der Waals surface area contributed by atoms with Crippen LogP contribution in [0, 0.1) is 0 Å². The van der Waals surface area contributed by atoms with E-state index in [0.717, 1.165) is 45.6 Å². The summed E-state index contributed by atoms with van der Waals surface area (Å²) in [6, 6.07) is 0.816. The third-order valence-corrected chi connectivity index (χ3v) is 3.47. The molecule has 2 atom stereocenters. The van der Waals surface area contributed by atoms with Crippen molar-refractivity contribution in [1.29, 1.82) is 0 Å². The summed E-state index contributed by atoms with van der Waals surface area (Å²) in [5.74, 6) is 0. The van der Waals surface area contributed by atoms with E-state index in [1.54, 1.807) is 0 Å². The van der Waals surface area contributed by atoms with Gasteiger partial charge in [0.15, 0.2) is 0 Å². The van der Waals surface area contributed by atoms with Gasteiger partial charge in [0.25, 0.3) is 0 Å². The van der Waals surface area contributed by atoms with Crippen LogP contribution in [0.15, 0.2) is 0 Å². The van der Waals surface area contributed by atoms with Crippen LogP contribution in [0.4, 0.5) is 4.79 Å². The molecule has 0 aliphatic carbocycles. The highest BCUT2D eigenvalue weighted by molar-refractivity contribution is 5.68.